The summed E-state index contributed by atoms with van der Waals surface area (Å²) in [6.07, 6.45) is 2.06. The molecule has 0 rings (SSSR count). The normalized spacial score (nSPS) is 13.0. The largest absolute Gasteiger partial charge is 0.393 e. The molecule has 0 aliphatic heterocycles. The number of aliphatic hydroxyl groups excluding tert-OH is 1. The lowest BCUT2D eigenvalue weighted by molar-refractivity contribution is 0.120. The maximum atomic E-state index is 9.01. The van der Waals surface area contributed by atoms with Crippen LogP contribution in [0.3, 0.4) is 0 Å². The Hall–Kier alpha value is -0.0800. The van der Waals surface area contributed by atoms with Crippen molar-refractivity contribution in [2.24, 2.45) is 5.92 Å². The molecule has 0 spiro atoms. The van der Waals surface area contributed by atoms with Crippen molar-refractivity contribution in [3.05, 3.63) is 0 Å². The van der Waals surface area contributed by atoms with E-state index < -0.39 is 0 Å². The molecular weight excluding hydrogens is 114 g/mol. The van der Waals surface area contributed by atoms with Gasteiger partial charge in [-0.1, -0.05) is 26.7 Å². The van der Waals surface area contributed by atoms with Crippen LogP contribution < -0.4 is 6.15 Å². The highest BCUT2D eigenvalue weighted by Gasteiger charge is 2.08. The molecule has 0 aliphatic carbocycles. The van der Waals surface area contributed by atoms with E-state index in [0.717, 1.165) is 12.8 Å². The molecule has 0 fully saturated rings. The minimum Gasteiger partial charge on any atom is -0.393 e. The number of hydrogen-bond donors (Lipinski definition) is 2. The molecule has 9 heavy (non-hydrogen) atoms. The Bertz CT molecular complexity index is 50.9. The van der Waals surface area contributed by atoms with Gasteiger partial charge < -0.3 is 11.3 Å². The van der Waals surface area contributed by atoms with E-state index in [1.54, 1.807) is 0 Å². The molecule has 0 heterocycles. The van der Waals surface area contributed by atoms with Gasteiger partial charge >= 0.3 is 0 Å². The van der Waals surface area contributed by atoms with Crippen LogP contribution in [0, 0.1) is 5.92 Å². The SMILES string of the molecule is CCC(CC)C(C)O.N. The number of hydrogen-bond acceptors (Lipinski definition) is 2. The average Bonchev–Trinajstić information content (AvgIpc) is 1.69. The van der Waals surface area contributed by atoms with Crippen molar-refractivity contribution in [3.63, 3.8) is 0 Å². The van der Waals surface area contributed by atoms with Gasteiger partial charge in [0, 0.05) is 0 Å². The van der Waals surface area contributed by atoms with Crippen molar-refractivity contribution in [2.45, 2.75) is 39.7 Å². The molecule has 0 aromatic rings. The Balaban J connectivity index is 0. The molecule has 1 atom stereocenters. The third kappa shape index (κ3) is 4.43. The van der Waals surface area contributed by atoms with Crippen LogP contribution in [0.25, 0.3) is 0 Å². The van der Waals surface area contributed by atoms with Gasteiger partial charge in [-0.2, -0.15) is 0 Å². The fourth-order valence-corrected chi connectivity index (χ4v) is 0.971. The van der Waals surface area contributed by atoms with Crippen LogP contribution in [0.1, 0.15) is 33.6 Å². The lowest BCUT2D eigenvalue weighted by Crippen LogP contribution is -2.14. The zero-order valence-electron chi connectivity index (χ0n) is 6.72. The molecule has 0 aliphatic rings. The van der Waals surface area contributed by atoms with Crippen LogP contribution in [0.2, 0.25) is 0 Å². The maximum absolute atomic E-state index is 9.01. The average molecular weight is 133 g/mol. The molecule has 0 aromatic carbocycles. The summed E-state index contributed by atoms with van der Waals surface area (Å²) in [5.74, 6) is 0.509. The van der Waals surface area contributed by atoms with Crippen molar-refractivity contribution in [3.8, 4) is 0 Å². The van der Waals surface area contributed by atoms with Crippen molar-refractivity contribution < 1.29 is 5.11 Å². The first-order valence-corrected chi connectivity index (χ1v) is 3.40. The van der Waals surface area contributed by atoms with Crippen molar-refractivity contribution in [2.75, 3.05) is 0 Å². The molecule has 4 N–H and O–H groups in total. The summed E-state index contributed by atoms with van der Waals surface area (Å²) in [6.45, 7) is 6.08. The zero-order chi connectivity index (χ0) is 6.57. The highest BCUT2D eigenvalue weighted by atomic mass is 16.3. The minimum absolute atomic E-state index is 0. The summed E-state index contributed by atoms with van der Waals surface area (Å²) in [5, 5.41) is 9.01. The topological polar surface area (TPSA) is 55.2 Å². The Labute approximate surface area is 57.9 Å². The van der Waals surface area contributed by atoms with Crippen molar-refractivity contribution >= 4 is 0 Å². The highest BCUT2D eigenvalue weighted by Crippen LogP contribution is 2.11. The summed E-state index contributed by atoms with van der Waals surface area (Å²) in [7, 11) is 0. The lowest BCUT2D eigenvalue weighted by Gasteiger charge is -2.14. The second-order valence-corrected chi connectivity index (χ2v) is 2.32. The van der Waals surface area contributed by atoms with E-state index >= 15 is 0 Å². The summed E-state index contributed by atoms with van der Waals surface area (Å²) in [4.78, 5) is 0. The number of rotatable bonds is 3. The predicted molar refractivity (Wildman–Crippen MR) is 40.8 cm³/mol. The molecule has 58 valence electrons. The van der Waals surface area contributed by atoms with E-state index in [1.165, 1.54) is 0 Å². The van der Waals surface area contributed by atoms with Gasteiger partial charge in [-0.3, -0.25) is 0 Å². The second-order valence-electron chi connectivity index (χ2n) is 2.32. The molecule has 0 radical (unpaired) electrons. The maximum Gasteiger partial charge on any atom is 0.0540 e. The summed E-state index contributed by atoms with van der Waals surface area (Å²) < 4.78 is 0. The monoisotopic (exact) mass is 133 g/mol. The molecule has 2 nitrogen and oxygen atoms in total. The quantitative estimate of drug-likeness (QED) is 0.618. The lowest BCUT2D eigenvalue weighted by atomic mass is 9.98. The van der Waals surface area contributed by atoms with Crippen LogP contribution in [-0.4, -0.2) is 11.2 Å². The predicted octanol–water partition coefficient (Wildman–Crippen LogP) is 1.97. The van der Waals surface area contributed by atoms with Gasteiger partial charge in [0.2, 0.25) is 0 Å². The first-order chi connectivity index (χ1) is 3.72. The Morgan fingerprint density at radius 1 is 1.22 bits per heavy atom. The van der Waals surface area contributed by atoms with Gasteiger partial charge in [0.25, 0.3) is 0 Å². The van der Waals surface area contributed by atoms with Gasteiger partial charge in [-0.05, 0) is 12.8 Å². The molecule has 0 amide bonds. The third-order valence-electron chi connectivity index (χ3n) is 1.73. The molecule has 2 heteroatoms. The number of aliphatic hydroxyl groups is 1. The van der Waals surface area contributed by atoms with E-state index in [2.05, 4.69) is 13.8 Å². The molecule has 1 unspecified atom stereocenters. The smallest absolute Gasteiger partial charge is 0.0540 e. The summed E-state index contributed by atoms with van der Waals surface area (Å²) >= 11 is 0. The van der Waals surface area contributed by atoms with Crippen LogP contribution in [0.4, 0.5) is 0 Å². The molecule has 0 aromatic heterocycles. The van der Waals surface area contributed by atoms with E-state index in [9.17, 15) is 0 Å². The van der Waals surface area contributed by atoms with Gasteiger partial charge in [0.05, 0.1) is 6.10 Å². The fourth-order valence-electron chi connectivity index (χ4n) is 0.971. The van der Waals surface area contributed by atoms with E-state index in [0.29, 0.717) is 5.92 Å². The standard InChI is InChI=1S/C7H16O.H3N/c1-4-7(5-2)6(3)8;/h6-8H,4-5H2,1-3H3;1H3. The highest BCUT2D eigenvalue weighted by molar-refractivity contribution is 4.59. The first-order valence-electron chi connectivity index (χ1n) is 3.40. The third-order valence-corrected chi connectivity index (χ3v) is 1.73. The Morgan fingerprint density at radius 2 is 1.56 bits per heavy atom. The van der Waals surface area contributed by atoms with Gasteiger partial charge in [-0.25, -0.2) is 0 Å². The fraction of sp³-hybridized carbons (Fsp3) is 1.00. The summed E-state index contributed by atoms with van der Waals surface area (Å²) in [6, 6.07) is 0. The molecule has 0 saturated carbocycles. The van der Waals surface area contributed by atoms with E-state index in [1.807, 2.05) is 6.92 Å². The van der Waals surface area contributed by atoms with E-state index in [4.69, 9.17) is 5.11 Å². The zero-order valence-corrected chi connectivity index (χ0v) is 6.72. The first kappa shape index (κ1) is 11.7. The molecule has 0 saturated heterocycles. The van der Waals surface area contributed by atoms with E-state index in [-0.39, 0.29) is 12.3 Å². The molecule has 0 bridgehead atoms. The van der Waals surface area contributed by atoms with Crippen molar-refractivity contribution in [1.29, 1.82) is 0 Å². The summed E-state index contributed by atoms with van der Waals surface area (Å²) in [5.41, 5.74) is 0. The molecular formula is C7H19NO. The van der Waals surface area contributed by atoms with Crippen molar-refractivity contribution in [1.82, 2.24) is 6.15 Å². The minimum atomic E-state index is -0.120. The van der Waals surface area contributed by atoms with Crippen LogP contribution in [0.15, 0.2) is 0 Å². The Morgan fingerprint density at radius 3 is 1.56 bits per heavy atom. The van der Waals surface area contributed by atoms with Gasteiger partial charge in [-0.15, -0.1) is 0 Å². The van der Waals surface area contributed by atoms with Crippen LogP contribution in [-0.2, 0) is 0 Å². The Kier molecular flexibility index (Phi) is 7.85. The van der Waals surface area contributed by atoms with Crippen LogP contribution >= 0.6 is 0 Å². The van der Waals surface area contributed by atoms with Gasteiger partial charge in [0.1, 0.15) is 0 Å². The second kappa shape index (κ2) is 6.05. The van der Waals surface area contributed by atoms with Crippen LogP contribution in [0.5, 0.6) is 0 Å². The van der Waals surface area contributed by atoms with Gasteiger partial charge in [0.15, 0.2) is 0 Å².